The Hall–Kier alpha value is -1.35. The summed E-state index contributed by atoms with van der Waals surface area (Å²) in [5, 5.41) is 10.3. The van der Waals surface area contributed by atoms with Gasteiger partial charge in [-0.2, -0.15) is 0 Å². The van der Waals surface area contributed by atoms with Crippen LogP contribution in [0.2, 0.25) is 5.02 Å². The van der Waals surface area contributed by atoms with Crippen molar-refractivity contribution in [3.05, 3.63) is 28.8 Å². The maximum Gasteiger partial charge on any atom is 0.312 e. The number of carboxylic acids is 1. The van der Waals surface area contributed by atoms with Gasteiger partial charge in [0.2, 0.25) is 10.0 Å². The Bertz CT molecular complexity index is 800. The maximum absolute atomic E-state index is 11.9. The fraction of sp³-hybridized carbons (Fsp3) is 0.562. The van der Waals surface area contributed by atoms with Crippen molar-refractivity contribution in [3.63, 3.8) is 0 Å². The molecule has 0 unspecified atom stereocenters. The number of ether oxygens (including phenoxy) is 1. The molecule has 3 rings (SSSR count). The molecular formula is C16H21ClN2O5S. The van der Waals surface area contributed by atoms with Gasteiger partial charge in [-0.15, -0.1) is 0 Å². The molecule has 9 heteroatoms. The van der Waals surface area contributed by atoms with Gasteiger partial charge in [0, 0.05) is 38.6 Å². The van der Waals surface area contributed by atoms with Crippen molar-refractivity contribution in [1.82, 2.24) is 9.21 Å². The number of carbonyl (C=O) groups is 1. The van der Waals surface area contributed by atoms with E-state index in [1.165, 1.54) is 4.31 Å². The molecular weight excluding hydrogens is 368 g/mol. The molecule has 138 valence electrons. The summed E-state index contributed by atoms with van der Waals surface area (Å²) in [6.07, 6.45) is 1.13. The molecule has 2 heterocycles. The number of hydrogen-bond acceptors (Lipinski definition) is 5. The third-order valence-corrected chi connectivity index (χ3v) is 6.68. The zero-order chi connectivity index (χ0) is 18.4. The topological polar surface area (TPSA) is 87.2 Å². The van der Waals surface area contributed by atoms with Gasteiger partial charge in [0.25, 0.3) is 0 Å². The summed E-state index contributed by atoms with van der Waals surface area (Å²) in [5.74, 6) is -0.554. The van der Waals surface area contributed by atoms with Crippen LogP contribution in [0.5, 0.6) is 5.75 Å². The molecule has 0 aromatic heterocycles. The number of halogens is 1. The molecule has 2 atom stereocenters. The van der Waals surface area contributed by atoms with Crippen LogP contribution in [0, 0.1) is 11.3 Å². The van der Waals surface area contributed by atoms with Crippen LogP contribution in [0.1, 0.15) is 5.56 Å². The van der Waals surface area contributed by atoms with Gasteiger partial charge >= 0.3 is 5.97 Å². The van der Waals surface area contributed by atoms with E-state index in [-0.39, 0.29) is 19.0 Å². The highest BCUT2D eigenvalue weighted by atomic mass is 35.5. The number of aliphatic carboxylic acids is 1. The minimum absolute atomic E-state index is 0.0334. The first kappa shape index (κ1) is 18.4. The highest BCUT2D eigenvalue weighted by Gasteiger charge is 2.59. The van der Waals surface area contributed by atoms with E-state index in [4.69, 9.17) is 16.3 Å². The predicted octanol–water partition coefficient (Wildman–Crippen LogP) is 1.13. The highest BCUT2D eigenvalue weighted by molar-refractivity contribution is 7.88. The van der Waals surface area contributed by atoms with Gasteiger partial charge in [-0.05, 0) is 17.7 Å². The number of fused-ring (bicyclic) bond motifs is 1. The van der Waals surface area contributed by atoms with E-state index in [0.29, 0.717) is 30.4 Å². The fourth-order valence-corrected chi connectivity index (χ4v) is 5.06. The van der Waals surface area contributed by atoms with Crippen LogP contribution in [-0.2, 0) is 21.4 Å². The van der Waals surface area contributed by atoms with Gasteiger partial charge in [0.05, 0.1) is 23.8 Å². The van der Waals surface area contributed by atoms with E-state index in [1.807, 2.05) is 12.1 Å². The summed E-state index contributed by atoms with van der Waals surface area (Å²) in [4.78, 5) is 14.0. The van der Waals surface area contributed by atoms with Crippen molar-refractivity contribution in [2.24, 2.45) is 11.3 Å². The van der Waals surface area contributed by atoms with Crippen molar-refractivity contribution in [3.8, 4) is 5.75 Å². The van der Waals surface area contributed by atoms with E-state index in [0.717, 1.165) is 11.8 Å². The number of likely N-dealkylation sites (tertiary alicyclic amines) is 1. The Morgan fingerprint density at radius 2 is 2.12 bits per heavy atom. The zero-order valence-corrected chi connectivity index (χ0v) is 15.7. The number of hydrogen-bond donors (Lipinski definition) is 1. The molecule has 2 aliphatic heterocycles. The van der Waals surface area contributed by atoms with E-state index >= 15 is 0 Å². The Labute approximate surface area is 152 Å². The predicted molar refractivity (Wildman–Crippen MR) is 93.3 cm³/mol. The molecule has 1 aromatic rings. The highest BCUT2D eigenvalue weighted by Crippen LogP contribution is 2.44. The monoisotopic (exact) mass is 388 g/mol. The first-order chi connectivity index (χ1) is 11.7. The lowest BCUT2D eigenvalue weighted by atomic mass is 9.81. The van der Waals surface area contributed by atoms with E-state index in [2.05, 4.69) is 4.90 Å². The molecule has 0 radical (unpaired) electrons. The van der Waals surface area contributed by atoms with Crippen LogP contribution in [0.15, 0.2) is 18.2 Å². The summed E-state index contributed by atoms with van der Waals surface area (Å²) < 4.78 is 30.0. The number of nitrogens with zero attached hydrogens (tertiary/aromatic N) is 2. The normalized spacial score (nSPS) is 27.4. The minimum atomic E-state index is -3.39. The summed E-state index contributed by atoms with van der Waals surface area (Å²) in [7, 11) is -1.84. The second-order valence-corrected chi connectivity index (χ2v) is 9.24. The first-order valence-electron chi connectivity index (χ1n) is 7.89. The molecule has 0 saturated carbocycles. The van der Waals surface area contributed by atoms with Gasteiger partial charge in [-0.1, -0.05) is 17.7 Å². The Morgan fingerprint density at radius 1 is 1.40 bits per heavy atom. The molecule has 2 aliphatic rings. The average Bonchev–Trinajstić information content (AvgIpc) is 3.02. The molecule has 2 fully saturated rings. The summed E-state index contributed by atoms with van der Waals surface area (Å²) >= 11 is 6.15. The third-order valence-electron chi connectivity index (χ3n) is 5.17. The van der Waals surface area contributed by atoms with Crippen LogP contribution in [-0.4, -0.2) is 68.2 Å². The number of benzene rings is 1. The lowest BCUT2D eigenvalue weighted by molar-refractivity contribution is -0.148. The molecule has 0 aliphatic carbocycles. The van der Waals surface area contributed by atoms with Crippen LogP contribution < -0.4 is 4.74 Å². The van der Waals surface area contributed by atoms with Gasteiger partial charge in [-0.25, -0.2) is 12.7 Å². The van der Waals surface area contributed by atoms with Crippen molar-refractivity contribution in [2.45, 2.75) is 6.54 Å². The van der Waals surface area contributed by atoms with Gasteiger partial charge in [-0.3, -0.25) is 9.69 Å². The van der Waals surface area contributed by atoms with Crippen LogP contribution in [0.4, 0.5) is 0 Å². The van der Waals surface area contributed by atoms with E-state index < -0.39 is 21.4 Å². The van der Waals surface area contributed by atoms with E-state index in [9.17, 15) is 18.3 Å². The molecule has 0 amide bonds. The van der Waals surface area contributed by atoms with Crippen molar-refractivity contribution in [1.29, 1.82) is 0 Å². The second kappa shape index (κ2) is 6.42. The van der Waals surface area contributed by atoms with E-state index in [1.54, 1.807) is 13.2 Å². The molecule has 0 spiro atoms. The smallest absolute Gasteiger partial charge is 0.312 e. The summed E-state index contributed by atoms with van der Waals surface area (Å²) in [5.41, 5.74) is -0.0782. The van der Waals surface area contributed by atoms with Crippen LogP contribution >= 0.6 is 11.6 Å². The average molecular weight is 389 g/mol. The minimum Gasteiger partial charge on any atom is -0.495 e. The zero-order valence-electron chi connectivity index (χ0n) is 14.1. The number of sulfonamides is 1. The van der Waals surface area contributed by atoms with Crippen molar-refractivity contribution < 1.29 is 23.1 Å². The second-order valence-electron chi connectivity index (χ2n) is 6.85. The SMILES string of the molecule is COc1ccc(CN2C[C@H]3CN(S(C)(=O)=O)C[C@@]3(C(=O)O)C2)cc1Cl. The first-order valence-corrected chi connectivity index (χ1v) is 10.1. The summed E-state index contributed by atoms with van der Waals surface area (Å²) in [6, 6.07) is 5.49. The number of carboxylic acid groups (broad SMARTS) is 1. The van der Waals surface area contributed by atoms with Gasteiger partial charge < -0.3 is 9.84 Å². The molecule has 1 N–H and O–H groups in total. The standard InChI is InChI=1S/C16H21ClN2O5S/c1-24-14-4-3-11(5-13(14)17)6-18-7-12-8-19(25(2,22)23)10-16(12,9-18)15(20)21/h3-5,12H,6-10H2,1-2H3,(H,20,21)/t12-,16-/m0/s1. The molecule has 2 saturated heterocycles. The molecule has 25 heavy (non-hydrogen) atoms. The quantitative estimate of drug-likeness (QED) is 0.813. The van der Waals surface area contributed by atoms with Gasteiger partial charge in [0.15, 0.2) is 0 Å². The Kier molecular flexibility index (Phi) is 4.74. The largest absolute Gasteiger partial charge is 0.495 e. The Balaban J connectivity index is 1.76. The third kappa shape index (κ3) is 3.36. The molecule has 7 nitrogen and oxygen atoms in total. The fourth-order valence-electron chi connectivity index (χ4n) is 3.87. The maximum atomic E-state index is 11.9. The summed E-state index contributed by atoms with van der Waals surface area (Å²) in [6.45, 7) is 1.72. The number of rotatable bonds is 5. The lowest BCUT2D eigenvalue weighted by Crippen LogP contribution is -2.41. The van der Waals surface area contributed by atoms with Crippen LogP contribution in [0.3, 0.4) is 0 Å². The number of methoxy groups -OCH3 is 1. The molecule has 1 aromatic carbocycles. The lowest BCUT2D eigenvalue weighted by Gasteiger charge is -2.24. The van der Waals surface area contributed by atoms with Crippen molar-refractivity contribution >= 4 is 27.6 Å². The van der Waals surface area contributed by atoms with Crippen molar-refractivity contribution in [2.75, 3.05) is 39.5 Å². The molecule has 0 bridgehead atoms. The Morgan fingerprint density at radius 3 is 2.64 bits per heavy atom. The van der Waals surface area contributed by atoms with Gasteiger partial charge in [0.1, 0.15) is 5.75 Å². The van der Waals surface area contributed by atoms with Crippen LogP contribution in [0.25, 0.3) is 0 Å².